The highest BCUT2D eigenvalue weighted by Gasteiger charge is 2.34. The van der Waals surface area contributed by atoms with Gasteiger partial charge in [0.05, 0.1) is 53.8 Å². The van der Waals surface area contributed by atoms with Gasteiger partial charge in [-0.2, -0.15) is 5.10 Å². The average molecular weight is 378 g/mol. The fourth-order valence-electron chi connectivity index (χ4n) is 3.90. The second-order valence-corrected chi connectivity index (χ2v) is 7.13. The summed E-state index contributed by atoms with van der Waals surface area (Å²) in [4.78, 5) is 25.1. The molecular formula is C20H19FN6O. The lowest BCUT2D eigenvalue weighted by molar-refractivity contribution is 0.0995. The molecule has 0 aromatic carbocycles. The lowest BCUT2D eigenvalue weighted by atomic mass is 10.2. The SMILES string of the molecule is Cc1c2c(nn1-c1ccc(N3CC[C@@H](F)C3)nc1)CN(c1cccnc1)C2=O. The third-order valence-electron chi connectivity index (χ3n) is 5.34. The van der Waals surface area contributed by atoms with Crippen LogP contribution in [0.15, 0.2) is 42.9 Å². The van der Waals surface area contributed by atoms with E-state index < -0.39 is 6.17 Å². The summed E-state index contributed by atoms with van der Waals surface area (Å²) >= 11 is 0. The highest BCUT2D eigenvalue weighted by Crippen LogP contribution is 2.30. The molecule has 7 nitrogen and oxygen atoms in total. The number of aromatic nitrogens is 4. The minimum Gasteiger partial charge on any atom is -0.354 e. The minimum atomic E-state index is -0.786. The lowest BCUT2D eigenvalue weighted by Gasteiger charge is -2.17. The Morgan fingerprint density at radius 3 is 2.71 bits per heavy atom. The van der Waals surface area contributed by atoms with E-state index >= 15 is 0 Å². The standard InChI is InChI=1S/C20H19FN6O/c1-13-19-17(12-26(20(19)28)15-3-2-7-22-9-15)24-27(13)16-4-5-18(23-10-16)25-8-6-14(21)11-25/h2-5,7,9-10,14H,6,8,11-12H2,1H3/t14-/m1/s1. The molecule has 5 heterocycles. The van der Waals surface area contributed by atoms with E-state index in [2.05, 4.69) is 15.1 Å². The predicted molar refractivity (Wildman–Crippen MR) is 103 cm³/mol. The van der Waals surface area contributed by atoms with Gasteiger partial charge in [0.25, 0.3) is 5.91 Å². The Bertz CT molecular complexity index is 1030. The fraction of sp³-hybridized carbons (Fsp3) is 0.300. The summed E-state index contributed by atoms with van der Waals surface area (Å²) in [6, 6.07) is 7.46. The number of pyridine rings is 2. The van der Waals surface area contributed by atoms with Crippen LogP contribution in [0.2, 0.25) is 0 Å². The summed E-state index contributed by atoms with van der Waals surface area (Å²) in [5, 5.41) is 4.65. The molecule has 3 aromatic heterocycles. The number of halogens is 1. The molecule has 1 fully saturated rings. The van der Waals surface area contributed by atoms with Gasteiger partial charge in [0.15, 0.2) is 0 Å². The largest absolute Gasteiger partial charge is 0.354 e. The quantitative estimate of drug-likeness (QED) is 0.701. The van der Waals surface area contributed by atoms with Crippen molar-refractivity contribution >= 4 is 17.4 Å². The van der Waals surface area contributed by atoms with Crippen LogP contribution in [0.4, 0.5) is 15.9 Å². The molecule has 142 valence electrons. The van der Waals surface area contributed by atoms with E-state index in [0.717, 1.165) is 28.6 Å². The first-order chi connectivity index (χ1) is 13.6. The summed E-state index contributed by atoms with van der Waals surface area (Å²) in [5.41, 5.74) is 3.71. The van der Waals surface area contributed by atoms with Crippen molar-refractivity contribution in [3.8, 4) is 5.69 Å². The van der Waals surface area contributed by atoms with Gasteiger partial charge in [-0.25, -0.2) is 14.1 Å². The molecule has 0 N–H and O–H groups in total. The molecule has 1 saturated heterocycles. The maximum Gasteiger partial charge on any atom is 0.262 e. The van der Waals surface area contributed by atoms with Crippen molar-refractivity contribution in [3.63, 3.8) is 0 Å². The van der Waals surface area contributed by atoms with Crippen LogP contribution < -0.4 is 9.80 Å². The summed E-state index contributed by atoms with van der Waals surface area (Å²) < 4.78 is 15.2. The number of carbonyl (C=O) groups is 1. The summed E-state index contributed by atoms with van der Waals surface area (Å²) in [6.07, 6.45) is 4.84. The molecule has 0 unspecified atom stereocenters. The van der Waals surface area contributed by atoms with E-state index in [-0.39, 0.29) is 5.91 Å². The van der Waals surface area contributed by atoms with E-state index in [4.69, 9.17) is 0 Å². The van der Waals surface area contributed by atoms with E-state index in [9.17, 15) is 9.18 Å². The molecule has 0 aliphatic carbocycles. The second-order valence-electron chi connectivity index (χ2n) is 7.13. The molecule has 0 radical (unpaired) electrons. The number of alkyl halides is 1. The highest BCUT2D eigenvalue weighted by atomic mass is 19.1. The van der Waals surface area contributed by atoms with E-state index in [0.29, 0.717) is 31.6 Å². The first-order valence-corrected chi connectivity index (χ1v) is 9.27. The van der Waals surface area contributed by atoms with E-state index in [1.54, 1.807) is 28.2 Å². The Labute approximate surface area is 161 Å². The molecule has 1 amide bonds. The Morgan fingerprint density at radius 2 is 2.07 bits per heavy atom. The van der Waals surface area contributed by atoms with Crippen LogP contribution in [0.1, 0.15) is 28.2 Å². The predicted octanol–water partition coefficient (Wildman–Crippen LogP) is 2.68. The molecule has 0 bridgehead atoms. The molecule has 0 spiro atoms. The van der Waals surface area contributed by atoms with Crippen molar-refractivity contribution in [2.75, 3.05) is 22.9 Å². The number of carbonyl (C=O) groups excluding carboxylic acids is 1. The van der Waals surface area contributed by atoms with Crippen molar-refractivity contribution in [1.82, 2.24) is 19.7 Å². The third-order valence-corrected chi connectivity index (χ3v) is 5.34. The topological polar surface area (TPSA) is 67.2 Å². The Morgan fingerprint density at radius 1 is 1.18 bits per heavy atom. The summed E-state index contributed by atoms with van der Waals surface area (Å²) in [7, 11) is 0. The zero-order valence-electron chi connectivity index (χ0n) is 15.4. The van der Waals surface area contributed by atoms with Gasteiger partial charge in [0.2, 0.25) is 0 Å². The third kappa shape index (κ3) is 2.64. The lowest BCUT2D eigenvalue weighted by Crippen LogP contribution is -2.24. The zero-order chi connectivity index (χ0) is 19.3. The number of hydrogen-bond acceptors (Lipinski definition) is 5. The van der Waals surface area contributed by atoms with Crippen LogP contribution in [0.5, 0.6) is 0 Å². The maximum atomic E-state index is 13.4. The summed E-state index contributed by atoms with van der Waals surface area (Å²) in [5.74, 6) is 0.697. The van der Waals surface area contributed by atoms with Gasteiger partial charge in [-0.1, -0.05) is 0 Å². The molecule has 28 heavy (non-hydrogen) atoms. The van der Waals surface area contributed by atoms with Crippen molar-refractivity contribution < 1.29 is 9.18 Å². The molecule has 1 atom stereocenters. The minimum absolute atomic E-state index is 0.0672. The average Bonchev–Trinajstić information content (AvgIpc) is 3.39. The number of amides is 1. The van der Waals surface area contributed by atoms with Crippen LogP contribution in [-0.4, -0.2) is 44.9 Å². The summed E-state index contributed by atoms with van der Waals surface area (Å²) in [6.45, 7) is 3.38. The van der Waals surface area contributed by atoms with Gasteiger partial charge in [-0.05, 0) is 37.6 Å². The number of fused-ring (bicyclic) bond motifs is 1. The molecule has 2 aliphatic rings. The van der Waals surface area contributed by atoms with Crippen molar-refractivity contribution in [2.45, 2.75) is 26.1 Å². The maximum absolute atomic E-state index is 13.4. The molecule has 2 aliphatic heterocycles. The van der Waals surface area contributed by atoms with E-state index in [1.807, 2.05) is 36.1 Å². The number of rotatable bonds is 3. The smallest absolute Gasteiger partial charge is 0.262 e. The Kier molecular flexibility index (Phi) is 3.85. The van der Waals surface area contributed by atoms with Gasteiger partial charge in [0, 0.05) is 12.7 Å². The Balaban J connectivity index is 1.42. The number of anilines is 2. The Hall–Kier alpha value is -3.29. The van der Waals surface area contributed by atoms with Gasteiger partial charge in [-0.15, -0.1) is 0 Å². The second kappa shape index (κ2) is 6.40. The first kappa shape index (κ1) is 16.9. The van der Waals surface area contributed by atoms with Crippen molar-refractivity contribution in [1.29, 1.82) is 0 Å². The van der Waals surface area contributed by atoms with Crippen LogP contribution in [0.3, 0.4) is 0 Å². The van der Waals surface area contributed by atoms with Gasteiger partial charge in [-0.3, -0.25) is 9.78 Å². The van der Waals surface area contributed by atoms with Crippen LogP contribution >= 0.6 is 0 Å². The van der Waals surface area contributed by atoms with Crippen molar-refractivity contribution in [2.24, 2.45) is 0 Å². The van der Waals surface area contributed by atoms with Crippen molar-refractivity contribution in [3.05, 3.63) is 59.8 Å². The van der Waals surface area contributed by atoms with E-state index in [1.165, 1.54) is 0 Å². The first-order valence-electron chi connectivity index (χ1n) is 9.27. The molecule has 0 saturated carbocycles. The molecular weight excluding hydrogens is 359 g/mol. The monoisotopic (exact) mass is 378 g/mol. The van der Waals surface area contributed by atoms with Gasteiger partial charge in [0.1, 0.15) is 12.0 Å². The highest BCUT2D eigenvalue weighted by molar-refractivity contribution is 6.10. The van der Waals surface area contributed by atoms with Crippen LogP contribution in [0, 0.1) is 6.92 Å². The number of nitrogens with zero attached hydrogens (tertiary/aromatic N) is 6. The molecule has 8 heteroatoms. The zero-order valence-corrected chi connectivity index (χ0v) is 15.4. The normalized spacial score (nSPS) is 18.8. The van der Waals surface area contributed by atoms with Crippen LogP contribution in [0.25, 0.3) is 5.69 Å². The number of hydrogen-bond donors (Lipinski definition) is 0. The van der Waals surface area contributed by atoms with Gasteiger partial charge >= 0.3 is 0 Å². The fourth-order valence-corrected chi connectivity index (χ4v) is 3.90. The van der Waals surface area contributed by atoms with Crippen LogP contribution in [-0.2, 0) is 6.54 Å². The molecule has 5 rings (SSSR count). The molecule has 3 aromatic rings. The van der Waals surface area contributed by atoms with Gasteiger partial charge < -0.3 is 9.80 Å².